The first-order chi connectivity index (χ1) is 12.9. The van der Waals surface area contributed by atoms with Crippen LogP contribution in [0.15, 0.2) is 59.0 Å². The highest BCUT2D eigenvalue weighted by Crippen LogP contribution is 2.27. The number of para-hydroxylation sites is 2. The molecule has 0 bridgehead atoms. The van der Waals surface area contributed by atoms with Gasteiger partial charge >= 0.3 is 5.69 Å². The second-order valence-corrected chi connectivity index (χ2v) is 5.77. The molecule has 0 fully saturated rings. The lowest BCUT2D eigenvalue weighted by molar-refractivity contribution is -0.386. The molecule has 138 valence electrons. The van der Waals surface area contributed by atoms with Crippen molar-refractivity contribution in [2.75, 3.05) is 5.32 Å². The molecule has 0 saturated carbocycles. The maximum absolute atomic E-state index is 13.1. The molecule has 0 atom stereocenters. The molecule has 3 rings (SSSR count). The number of nitro groups is 1. The van der Waals surface area contributed by atoms with Crippen LogP contribution in [0, 0.1) is 15.9 Å². The van der Waals surface area contributed by atoms with E-state index in [0.717, 1.165) is 6.07 Å². The summed E-state index contributed by atoms with van der Waals surface area (Å²) in [6, 6.07) is 12.6. The second kappa shape index (κ2) is 7.88. The van der Waals surface area contributed by atoms with Gasteiger partial charge in [0.05, 0.1) is 9.95 Å². The van der Waals surface area contributed by atoms with Gasteiger partial charge in [0, 0.05) is 11.8 Å². The Kier molecular flexibility index (Phi) is 5.37. The molecule has 1 N–H and O–H groups in total. The highest BCUT2D eigenvalue weighted by molar-refractivity contribution is 6.31. The van der Waals surface area contributed by atoms with Gasteiger partial charge in [-0.25, -0.2) is 4.39 Å². The minimum absolute atomic E-state index is 0.00314. The number of rotatable bonds is 6. The molecule has 0 unspecified atom stereocenters. The van der Waals surface area contributed by atoms with Crippen molar-refractivity contribution in [1.29, 1.82) is 0 Å². The highest BCUT2D eigenvalue weighted by atomic mass is 35.5. The molecule has 0 radical (unpaired) electrons. The molecule has 0 aliphatic rings. The Balaban J connectivity index is 1.65. The van der Waals surface area contributed by atoms with Gasteiger partial charge in [-0.3, -0.25) is 14.9 Å². The number of carbonyl (C=O) groups excluding carboxylic acids is 1. The average molecular weight is 391 g/mol. The van der Waals surface area contributed by atoms with Gasteiger partial charge in [0.1, 0.15) is 18.2 Å². The lowest BCUT2D eigenvalue weighted by atomic mass is 10.3. The Labute approximate surface area is 157 Å². The number of furan rings is 1. The molecular weight excluding hydrogens is 379 g/mol. The van der Waals surface area contributed by atoms with Crippen molar-refractivity contribution in [3.8, 4) is 5.75 Å². The maximum Gasteiger partial charge on any atom is 0.310 e. The number of hydrogen-bond donors (Lipinski definition) is 1. The Morgan fingerprint density at radius 2 is 2.00 bits per heavy atom. The molecular formula is C18H12ClFN2O5. The molecule has 9 heteroatoms. The minimum atomic E-state index is -0.595. The van der Waals surface area contributed by atoms with Crippen LogP contribution >= 0.6 is 11.6 Å². The quantitative estimate of drug-likeness (QED) is 0.481. The lowest BCUT2D eigenvalue weighted by Gasteiger charge is -2.05. The zero-order valence-electron chi connectivity index (χ0n) is 13.6. The second-order valence-electron chi connectivity index (χ2n) is 5.36. The monoisotopic (exact) mass is 390 g/mol. The molecule has 1 aromatic heterocycles. The summed E-state index contributed by atoms with van der Waals surface area (Å²) in [4.78, 5) is 22.6. The molecule has 7 nitrogen and oxygen atoms in total. The molecule has 1 heterocycles. The zero-order valence-corrected chi connectivity index (χ0v) is 14.4. The number of amides is 1. The van der Waals surface area contributed by atoms with Gasteiger partial charge in [-0.1, -0.05) is 23.7 Å². The topological polar surface area (TPSA) is 94.6 Å². The predicted molar refractivity (Wildman–Crippen MR) is 95.5 cm³/mol. The first kappa shape index (κ1) is 18.4. The maximum atomic E-state index is 13.1. The molecule has 0 saturated heterocycles. The third kappa shape index (κ3) is 4.42. The summed E-state index contributed by atoms with van der Waals surface area (Å²) >= 11 is 5.67. The van der Waals surface area contributed by atoms with Gasteiger partial charge in [-0.05, 0) is 36.4 Å². The molecule has 1 amide bonds. The number of nitro benzene ring substituents is 1. The van der Waals surface area contributed by atoms with Crippen molar-refractivity contribution in [2.45, 2.75) is 6.61 Å². The van der Waals surface area contributed by atoms with Crippen LogP contribution in [0.1, 0.15) is 16.3 Å². The lowest BCUT2D eigenvalue weighted by Crippen LogP contribution is -2.11. The largest absolute Gasteiger partial charge is 0.479 e. The first-order valence-electron chi connectivity index (χ1n) is 7.65. The SMILES string of the molecule is O=C(Nc1ccc(F)c(Cl)c1)c1ccc(COc2ccccc2[N+](=O)[O-])o1. The van der Waals surface area contributed by atoms with Crippen molar-refractivity contribution >= 4 is 28.9 Å². The van der Waals surface area contributed by atoms with Crippen LogP contribution in [-0.2, 0) is 6.61 Å². The van der Waals surface area contributed by atoms with Crippen molar-refractivity contribution < 1.29 is 23.3 Å². The minimum Gasteiger partial charge on any atom is -0.479 e. The third-order valence-electron chi connectivity index (χ3n) is 3.49. The summed E-state index contributed by atoms with van der Waals surface area (Å²) in [7, 11) is 0. The molecule has 0 aliphatic heterocycles. The zero-order chi connectivity index (χ0) is 19.4. The van der Waals surface area contributed by atoms with E-state index in [0.29, 0.717) is 11.4 Å². The van der Waals surface area contributed by atoms with Crippen LogP contribution in [0.2, 0.25) is 5.02 Å². The number of anilines is 1. The number of benzene rings is 2. The molecule has 3 aromatic rings. The van der Waals surface area contributed by atoms with E-state index in [4.69, 9.17) is 20.8 Å². The number of ether oxygens (including phenoxy) is 1. The molecule has 27 heavy (non-hydrogen) atoms. The van der Waals surface area contributed by atoms with Crippen molar-refractivity contribution in [1.82, 2.24) is 0 Å². The fourth-order valence-corrected chi connectivity index (χ4v) is 2.40. The number of carbonyl (C=O) groups is 1. The van der Waals surface area contributed by atoms with Gasteiger partial charge in [0.25, 0.3) is 5.91 Å². The average Bonchev–Trinajstić information content (AvgIpc) is 3.12. The normalized spacial score (nSPS) is 10.4. The Morgan fingerprint density at radius 3 is 2.74 bits per heavy atom. The van der Waals surface area contributed by atoms with E-state index in [1.54, 1.807) is 6.07 Å². The molecule has 0 spiro atoms. The molecule has 2 aromatic carbocycles. The molecule has 0 aliphatic carbocycles. The Hall–Kier alpha value is -3.39. The van der Waals surface area contributed by atoms with E-state index in [1.807, 2.05) is 0 Å². The fraction of sp³-hybridized carbons (Fsp3) is 0.0556. The first-order valence-corrected chi connectivity index (χ1v) is 8.03. The number of hydrogen-bond acceptors (Lipinski definition) is 5. The van der Waals surface area contributed by atoms with E-state index >= 15 is 0 Å². The van der Waals surface area contributed by atoms with E-state index in [-0.39, 0.29) is 28.8 Å². The van der Waals surface area contributed by atoms with Gasteiger partial charge in [0.2, 0.25) is 0 Å². The van der Waals surface area contributed by atoms with Crippen LogP contribution in [0.5, 0.6) is 5.75 Å². The van der Waals surface area contributed by atoms with Crippen LogP contribution in [0.3, 0.4) is 0 Å². The van der Waals surface area contributed by atoms with Crippen molar-refractivity contribution in [3.05, 3.63) is 87.1 Å². The van der Waals surface area contributed by atoms with E-state index < -0.39 is 16.6 Å². The highest BCUT2D eigenvalue weighted by Gasteiger charge is 2.16. The van der Waals surface area contributed by atoms with Crippen LogP contribution in [0.25, 0.3) is 0 Å². The van der Waals surface area contributed by atoms with Crippen LogP contribution < -0.4 is 10.1 Å². The number of nitrogens with one attached hydrogen (secondary N) is 1. The Morgan fingerprint density at radius 1 is 1.22 bits per heavy atom. The summed E-state index contributed by atoms with van der Waals surface area (Å²) in [5.41, 5.74) is 0.135. The van der Waals surface area contributed by atoms with E-state index in [9.17, 15) is 19.3 Å². The standard InChI is InChI=1S/C18H12ClFN2O5/c19-13-9-11(5-7-14(13)20)21-18(23)17-8-6-12(27-17)10-26-16-4-2-1-3-15(16)22(24)25/h1-9H,10H2,(H,21,23). The van der Waals surface area contributed by atoms with Crippen LogP contribution in [0.4, 0.5) is 15.8 Å². The van der Waals surface area contributed by atoms with Crippen molar-refractivity contribution in [3.63, 3.8) is 0 Å². The van der Waals surface area contributed by atoms with Crippen molar-refractivity contribution in [2.24, 2.45) is 0 Å². The Bertz CT molecular complexity index is 1000. The summed E-state index contributed by atoms with van der Waals surface area (Å²) in [6.45, 7) is -0.0967. The van der Waals surface area contributed by atoms with E-state index in [1.165, 1.54) is 42.5 Å². The summed E-state index contributed by atoms with van der Waals surface area (Å²) in [5, 5.41) is 13.4. The fourth-order valence-electron chi connectivity index (χ4n) is 2.22. The predicted octanol–water partition coefficient (Wildman–Crippen LogP) is 4.81. The van der Waals surface area contributed by atoms with Gasteiger partial charge in [0.15, 0.2) is 11.5 Å². The third-order valence-corrected chi connectivity index (χ3v) is 3.78. The summed E-state index contributed by atoms with van der Waals surface area (Å²) < 4.78 is 23.9. The van der Waals surface area contributed by atoms with Gasteiger partial charge in [-0.15, -0.1) is 0 Å². The van der Waals surface area contributed by atoms with E-state index in [2.05, 4.69) is 5.32 Å². The summed E-state index contributed by atoms with van der Waals surface area (Å²) in [6.07, 6.45) is 0. The van der Waals surface area contributed by atoms with Crippen LogP contribution in [-0.4, -0.2) is 10.8 Å². The van der Waals surface area contributed by atoms with Gasteiger partial charge in [-0.2, -0.15) is 0 Å². The number of nitrogens with zero attached hydrogens (tertiary/aromatic N) is 1. The summed E-state index contributed by atoms with van der Waals surface area (Å²) in [5.74, 6) is -0.769. The van der Waals surface area contributed by atoms with Gasteiger partial charge < -0.3 is 14.5 Å². The smallest absolute Gasteiger partial charge is 0.310 e. The number of halogens is 2.